The van der Waals surface area contributed by atoms with E-state index in [9.17, 15) is 9.90 Å². The van der Waals surface area contributed by atoms with Crippen LogP contribution in [-0.4, -0.2) is 23.1 Å². The van der Waals surface area contributed by atoms with Crippen LogP contribution in [0.1, 0.15) is 12.0 Å². The van der Waals surface area contributed by atoms with Gasteiger partial charge in [0.15, 0.2) is 5.78 Å². The van der Waals surface area contributed by atoms with Crippen LogP contribution in [0.5, 0.6) is 0 Å². The summed E-state index contributed by atoms with van der Waals surface area (Å²) in [6.45, 7) is 0.936. The van der Waals surface area contributed by atoms with E-state index in [1.54, 1.807) is 0 Å². The van der Waals surface area contributed by atoms with Crippen LogP contribution in [0.4, 0.5) is 0 Å². The molecule has 19 heavy (non-hydrogen) atoms. The average Bonchev–Trinajstić information content (AvgIpc) is 2.41. The highest BCUT2D eigenvalue weighted by Crippen LogP contribution is 2.24. The average molecular weight is 323 g/mol. The normalized spacial score (nSPS) is 22.4. The molecule has 0 aliphatic heterocycles. The number of hydrogen-bond acceptors (Lipinski definition) is 3. The summed E-state index contributed by atoms with van der Waals surface area (Å²) in [7, 11) is 0. The van der Waals surface area contributed by atoms with Crippen molar-refractivity contribution in [1.29, 1.82) is 0 Å². The van der Waals surface area contributed by atoms with Gasteiger partial charge in [-0.15, -0.1) is 0 Å². The second-order valence-electron chi connectivity index (χ2n) is 4.47. The Morgan fingerprint density at radius 2 is 2.00 bits per heavy atom. The Hall–Kier alpha value is -1.23. The van der Waals surface area contributed by atoms with Crippen LogP contribution in [0.3, 0.4) is 0 Å². The molecule has 3 nitrogen and oxygen atoms in total. The Bertz CT molecular complexity index is 507. The summed E-state index contributed by atoms with van der Waals surface area (Å²) in [6, 6.07) is 9.86. The molecular formula is C15H15BrO3. The SMILES string of the molecule is O=C1C=C[C@](O)(CCOCc2ccccc2)C=C1Br. The summed E-state index contributed by atoms with van der Waals surface area (Å²) < 4.78 is 5.92. The van der Waals surface area contributed by atoms with Crippen molar-refractivity contribution in [2.45, 2.75) is 18.6 Å². The third kappa shape index (κ3) is 4.13. The van der Waals surface area contributed by atoms with Crippen LogP contribution in [0.25, 0.3) is 0 Å². The lowest BCUT2D eigenvalue weighted by Gasteiger charge is -2.23. The maximum absolute atomic E-state index is 11.3. The zero-order valence-electron chi connectivity index (χ0n) is 10.4. The summed E-state index contributed by atoms with van der Waals surface area (Å²) in [5.41, 5.74) is -0.00995. The Kier molecular flexibility index (Phi) is 4.69. The van der Waals surface area contributed by atoms with E-state index in [0.29, 0.717) is 24.1 Å². The Labute approximate surface area is 120 Å². The number of hydrogen-bond donors (Lipinski definition) is 1. The van der Waals surface area contributed by atoms with Crippen molar-refractivity contribution in [3.63, 3.8) is 0 Å². The van der Waals surface area contributed by atoms with Crippen molar-refractivity contribution in [2.75, 3.05) is 6.61 Å². The van der Waals surface area contributed by atoms with Crippen LogP contribution in [0.15, 0.2) is 53.0 Å². The summed E-state index contributed by atoms with van der Waals surface area (Å²) in [5.74, 6) is -0.130. The molecule has 0 spiro atoms. The van der Waals surface area contributed by atoms with Crippen molar-refractivity contribution < 1.29 is 14.6 Å². The molecule has 1 aromatic rings. The zero-order valence-corrected chi connectivity index (χ0v) is 12.0. The summed E-state index contributed by atoms with van der Waals surface area (Å²) in [4.78, 5) is 11.3. The van der Waals surface area contributed by atoms with Gasteiger partial charge < -0.3 is 9.84 Å². The van der Waals surface area contributed by atoms with Crippen molar-refractivity contribution in [3.8, 4) is 0 Å². The fraction of sp³-hybridized carbons (Fsp3) is 0.267. The van der Waals surface area contributed by atoms with Crippen LogP contribution >= 0.6 is 15.9 Å². The lowest BCUT2D eigenvalue weighted by atomic mass is 9.94. The second kappa shape index (κ2) is 6.28. The molecule has 1 aliphatic rings. The van der Waals surface area contributed by atoms with Crippen LogP contribution < -0.4 is 0 Å². The highest BCUT2D eigenvalue weighted by atomic mass is 79.9. The van der Waals surface area contributed by atoms with Gasteiger partial charge in [0.25, 0.3) is 0 Å². The molecule has 0 aromatic heterocycles. The predicted octanol–water partition coefficient (Wildman–Crippen LogP) is 2.74. The van der Waals surface area contributed by atoms with Gasteiger partial charge in [0.05, 0.1) is 17.7 Å². The van der Waals surface area contributed by atoms with Gasteiger partial charge in [-0.05, 0) is 39.7 Å². The van der Waals surface area contributed by atoms with Gasteiger partial charge in [-0.3, -0.25) is 4.79 Å². The molecular weight excluding hydrogens is 308 g/mol. The number of halogens is 1. The maximum atomic E-state index is 11.3. The van der Waals surface area contributed by atoms with Gasteiger partial charge in [-0.2, -0.15) is 0 Å². The number of ketones is 1. The number of carbonyl (C=O) groups is 1. The molecule has 2 rings (SSSR count). The molecule has 0 radical (unpaired) electrons. The van der Waals surface area contributed by atoms with Crippen LogP contribution in [0, 0.1) is 0 Å². The summed E-state index contributed by atoms with van der Waals surface area (Å²) in [6.07, 6.45) is 4.81. The molecule has 1 atom stereocenters. The van der Waals surface area contributed by atoms with Gasteiger partial charge in [-0.25, -0.2) is 0 Å². The van der Waals surface area contributed by atoms with Gasteiger partial charge in [-0.1, -0.05) is 30.3 Å². The van der Waals surface area contributed by atoms with Crippen molar-refractivity contribution in [3.05, 3.63) is 58.6 Å². The zero-order chi connectivity index (χ0) is 13.7. The molecule has 0 heterocycles. The number of rotatable bonds is 5. The minimum absolute atomic E-state index is 0.130. The summed E-state index contributed by atoms with van der Waals surface area (Å²) >= 11 is 3.13. The van der Waals surface area contributed by atoms with E-state index in [0.717, 1.165) is 5.56 Å². The minimum Gasteiger partial charge on any atom is -0.382 e. The first-order chi connectivity index (χ1) is 9.09. The maximum Gasteiger partial charge on any atom is 0.192 e. The Morgan fingerprint density at radius 1 is 1.26 bits per heavy atom. The van der Waals surface area contributed by atoms with Gasteiger partial charge >= 0.3 is 0 Å². The van der Waals surface area contributed by atoms with Crippen molar-refractivity contribution in [1.82, 2.24) is 0 Å². The minimum atomic E-state index is -1.11. The van der Waals surface area contributed by atoms with E-state index in [1.807, 2.05) is 30.3 Å². The Morgan fingerprint density at radius 3 is 2.68 bits per heavy atom. The number of ether oxygens (including phenoxy) is 1. The molecule has 1 aromatic carbocycles. The largest absolute Gasteiger partial charge is 0.382 e. The number of carbonyl (C=O) groups excluding carboxylic acids is 1. The topological polar surface area (TPSA) is 46.5 Å². The second-order valence-corrected chi connectivity index (χ2v) is 5.32. The lowest BCUT2D eigenvalue weighted by Crippen LogP contribution is -2.28. The third-order valence-corrected chi connectivity index (χ3v) is 3.51. The van der Waals surface area contributed by atoms with E-state index >= 15 is 0 Å². The fourth-order valence-corrected chi connectivity index (χ4v) is 2.32. The van der Waals surface area contributed by atoms with E-state index in [2.05, 4.69) is 15.9 Å². The Balaban J connectivity index is 1.80. The predicted molar refractivity (Wildman–Crippen MR) is 76.8 cm³/mol. The molecule has 1 N–H and O–H groups in total. The molecule has 0 amide bonds. The molecule has 0 saturated carbocycles. The van der Waals surface area contributed by atoms with Crippen molar-refractivity contribution in [2.24, 2.45) is 0 Å². The first kappa shape index (κ1) is 14.2. The number of aliphatic hydroxyl groups is 1. The molecule has 0 unspecified atom stereocenters. The first-order valence-electron chi connectivity index (χ1n) is 6.05. The van der Waals surface area contributed by atoms with Crippen molar-refractivity contribution >= 4 is 21.7 Å². The van der Waals surface area contributed by atoms with E-state index in [4.69, 9.17) is 4.74 Å². The fourth-order valence-electron chi connectivity index (χ4n) is 1.79. The molecule has 0 fully saturated rings. The third-order valence-electron chi connectivity index (χ3n) is 2.89. The van der Waals surface area contributed by atoms with Crippen LogP contribution in [0.2, 0.25) is 0 Å². The first-order valence-corrected chi connectivity index (χ1v) is 6.84. The highest BCUT2D eigenvalue weighted by molar-refractivity contribution is 9.12. The van der Waals surface area contributed by atoms with Gasteiger partial charge in [0, 0.05) is 6.42 Å². The van der Waals surface area contributed by atoms with Gasteiger partial charge in [0.2, 0.25) is 0 Å². The molecule has 1 aliphatic carbocycles. The standard InChI is InChI=1S/C15H15BrO3/c16-13-10-15(18,7-6-14(13)17)8-9-19-11-12-4-2-1-3-5-12/h1-7,10,18H,8-9,11H2/t15-/m0/s1. The number of allylic oxidation sites excluding steroid dienone is 2. The van der Waals surface area contributed by atoms with Gasteiger partial charge in [0.1, 0.15) is 5.60 Å². The van der Waals surface area contributed by atoms with E-state index in [1.165, 1.54) is 18.2 Å². The molecule has 0 saturated heterocycles. The molecule has 0 bridgehead atoms. The lowest BCUT2D eigenvalue weighted by molar-refractivity contribution is -0.111. The summed E-state index contributed by atoms with van der Waals surface area (Å²) in [5, 5.41) is 10.2. The molecule has 4 heteroatoms. The number of benzene rings is 1. The quantitative estimate of drug-likeness (QED) is 0.848. The monoisotopic (exact) mass is 322 g/mol. The van der Waals surface area contributed by atoms with E-state index in [-0.39, 0.29) is 5.78 Å². The van der Waals surface area contributed by atoms with Crippen LogP contribution in [-0.2, 0) is 16.1 Å². The smallest absolute Gasteiger partial charge is 0.192 e. The van der Waals surface area contributed by atoms with E-state index < -0.39 is 5.60 Å². The highest BCUT2D eigenvalue weighted by Gasteiger charge is 2.26. The molecule has 100 valence electrons.